The van der Waals surface area contributed by atoms with Gasteiger partial charge >= 0.3 is 0 Å². The first-order chi connectivity index (χ1) is 6.65. The topological polar surface area (TPSA) is 49.8 Å². The van der Waals surface area contributed by atoms with Gasteiger partial charge in [0.15, 0.2) is 11.0 Å². The van der Waals surface area contributed by atoms with Crippen molar-refractivity contribution in [1.29, 1.82) is 0 Å². The molecule has 0 unspecified atom stereocenters. The lowest BCUT2D eigenvalue weighted by Crippen LogP contribution is -2.11. The standard InChI is InChI=1S/C9H15ClN4/c1-6(2)4-12-9-7(11-3)8(10)13-5-14-9/h5-6,11H,4H2,1-3H3,(H,12,13,14). The number of halogens is 1. The largest absolute Gasteiger partial charge is 0.383 e. The zero-order valence-corrected chi connectivity index (χ0v) is 9.39. The van der Waals surface area contributed by atoms with E-state index < -0.39 is 0 Å². The molecule has 0 aliphatic rings. The Morgan fingerprint density at radius 3 is 2.71 bits per heavy atom. The van der Waals surface area contributed by atoms with Crippen LogP contribution in [0.15, 0.2) is 6.33 Å². The lowest BCUT2D eigenvalue weighted by molar-refractivity contribution is 0.687. The minimum Gasteiger partial charge on any atom is -0.383 e. The SMILES string of the molecule is CNc1c(Cl)ncnc1NCC(C)C. The maximum absolute atomic E-state index is 5.89. The average Bonchev–Trinajstić information content (AvgIpc) is 2.14. The molecule has 0 bridgehead atoms. The van der Waals surface area contributed by atoms with Crippen molar-refractivity contribution < 1.29 is 0 Å². The quantitative estimate of drug-likeness (QED) is 0.755. The summed E-state index contributed by atoms with van der Waals surface area (Å²) in [5.74, 6) is 1.31. The van der Waals surface area contributed by atoms with Crippen LogP contribution in [0, 0.1) is 5.92 Å². The van der Waals surface area contributed by atoms with Gasteiger partial charge in [0.1, 0.15) is 12.0 Å². The number of anilines is 2. The van der Waals surface area contributed by atoms with Gasteiger partial charge < -0.3 is 10.6 Å². The molecule has 4 nitrogen and oxygen atoms in total. The summed E-state index contributed by atoms with van der Waals surface area (Å²) >= 11 is 5.89. The molecule has 1 aromatic heterocycles. The molecule has 0 aliphatic heterocycles. The van der Waals surface area contributed by atoms with Gasteiger partial charge in [0.25, 0.3) is 0 Å². The van der Waals surface area contributed by atoms with Crippen LogP contribution in [0.25, 0.3) is 0 Å². The molecule has 0 aliphatic carbocycles. The van der Waals surface area contributed by atoms with E-state index in [-0.39, 0.29) is 0 Å². The lowest BCUT2D eigenvalue weighted by Gasteiger charge is -2.12. The Kier molecular flexibility index (Phi) is 3.95. The van der Waals surface area contributed by atoms with Gasteiger partial charge in [0.2, 0.25) is 0 Å². The Hall–Kier alpha value is -1.03. The van der Waals surface area contributed by atoms with Crippen LogP contribution in [-0.2, 0) is 0 Å². The van der Waals surface area contributed by atoms with E-state index in [1.54, 1.807) is 7.05 Å². The first kappa shape index (κ1) is 11.0. The molecule has 1 rings (SSSR count). The molecule has 0 aromatic carbocycles. The van der Waals surface area contributed by atoms with Crippen molar-refractivity contribution in [2.24, 2.45) is 5.92 Å². The molecule has 2 N–H and O–H groups in total. The smallest absolute Gasteiger partial charge is 0.157 e. The minimum absolute atomic E-state index is 0.439. The monoisotopic (exact) mass is 214 g/mol. The van der Waals surface area contributed by atoms with Crippen LogP contribution in [0.3, 0.4) is 0 Å². The number of hydrogen-bond acceptors (Lipinski definition) is 4. The van der Waals surface area contributed by atoms with Gasteiger partial charge in [0.05, 0.1) is 0 Å². The van der Waals surface area contributed by atoms with E-state index in [2.05, 4.69) is 34.4 Å². The Morgan fingerprint density at radius 2 is 2.14 bits per heavy atom. The fourth-order valence-electron chi connectivity index (χ4n) is 1.02. The maximum Gasteiger partial charge on any atom is 0.157 e. The molecule has 0 fully saturated rings. The Balaban J connectivity index is 2.80. The molecule has 0 radical (unpaired) electrons. The van der Waals surface area contributed by atoms with Gasteiger partial charge in [-0.3, -0.25) is 0 Å². The zero-order chi connectivity index (χ0) is 10.6. The molecule has 14 heavy (non-hydrogen) atoms. The van der Waals surface area contributed by atoms with Crippen LogP contribution in [0.5, 0.6) is 0 Å². The maximum atomic E-state index is 5.89. The second-order valence-electron chi connectivity index (χ2n) is 3.41. The van der Waals surface area contributed by atoms with E-state index in [4.69, 9.17) is 11.6 Å². The summed E-state index contributed by atoms with van der Waals surface area (Å²) in [4.78, 5) is 8.00. The van der Waals surface area contributed by atoms with Crippen molar-refractivity contribution in [3.8, 4) is 0 Å². The van der Waals surface area contributed by atoms with Crippen molar-refractivity contribution >= 4 is 23.1 Å². The van der Waals surface area contributed by atoms with Gasteiger partial charge in [-0.15, -0.1) is 0 Å². The number of rotatable bonds is 4. The van der Waals surface area contributed by atoms with Gasteiger partial charge in [-0.25, -0.2) is 9.97 Å². The third-order valence-electron chi connectivity index (χ3n) is 1.73. The van der Waals surface area contributed by atoms with Gasteiger partial charge in [-0.1, -0.05) is 25.4 Å². The van der Waals surface area contributed by atoms with E-state index in [9.17, 15) is 0 Å². The third-order valence-corrected chi connectivity index (χ3v) is 2.02. The average molecular weight is 215 g/mol. The summed E-state index contributed by atoms with van der Waals surface area (Å²) in [6.45, 7) is 5.13. The van der Waals surface area contributed by atoms with E-state index in [0.717, 1.165) is 18.1 Å². The Morgan fingerprint density at radius 1 is 1.43 bits per heavy atom. The number of nitrogens with one attached hydrogen (secondary N) is 2. The molecule has 5 heteroatoms. The fourth-order valence-corrected chi connectivity index (χ4v) is 1.25. The van der Waals surface area contributed by atoms with Crippen LogP contribution >= 0.6 is 11.6 Å². The molecular weight excluding hydrogens is 200 g/mol. The minimum atomic E-state index is 0.439. The normalized spacial score (nSPS) is 10.4. The second-order valence-corrected chi connectivity index (χ2v) is 3.77. The van der Waals surface area contributed by atoms with Gasteiger partial charge in [-0.2, -0.15) is 0 Å². The summed E-state index contributed by atoms with van der Waals surface area (Å²) < 4.78 is 0. The van der Waals surface area contributed by atoms with E-state index >= 15 is 0 Å². The summed E-state index contributed by atoms with van der Waals surface area (Å²) in [6, 6.07) is 0. The Bertz CT molecular complexity index is 301. The highest BCUT2D eigenvalue weighted by Gasteiger charge is 2.07. The summed E-state index contributed by atoms with van der Waals surface area (Å²) in [5, 5.41) is 6.61. The number of aromatic nitrogens is 2. The molecule has 0 amide bonds. The Labute approximate surface area is 89.1 Å². The summed E-state index contributed by atoms with van der Waals surface area (Å²) in [6.07, 6.45) is 1.45. The molecule has 1 aromatic rings. The highest BCUT2D eigenvalue weighted by atomic mass is 35.5. The molecule has 0 spiro atoms. The van der Waals surface area contributed by atoms with Crippen molar-refractivity contribution in [3.63, 3.8) is 0 Å². The first-order valence-corrected chi connectivity index (χ1v) is 4.95. The van der Waals surface area contributed by atoms with E-state index in [1.165, 1.54) is 6.33 Å². The van der Waals surface area contributed by atoms with Crippen LogP contribution in [0.2, 0.25) is 5.15 Å². The van der Waals surface area contributed by atoms with Gasteiger partial charge in [0, 0.05) is 13.6 Å². The van der Waals surface area contributed by atoms with Gasteiger partial charge in [-0.05, 0) is 5.92 Å². The lowest BCUT2D eigenvalue weighted by atomic mass is 10.2. The van der Waals surface area contributed by atoms with Crippen molar-refractivity contribution in [2.45, 2.75) is 13.8 Å². The van der Waals surface area contributed by atoms with Crippen molar-refractivity contribution in [3.05, 3.63) is 11.5 Å². The predicted octanol–water partition coefficient (Wildman–Crippen LogP) is 2.24. The van der Waals surface area contributed by atoms with Crippen LogP contribution in [-0.4, -0.2) is 23.6 Å². The molecule has 1 heterocycles. The zero-order valence-electron chi connectivity index (χ0n) is 8.63. The second kappa shape index (κ2) is 5.00. The van der Waals surface area contributed by atoms with E-state index in [0.29, 0.717) is 11.1 Å². The van der Waals surface area contributed by atoms with Crippen LogP contribution in [0.1, 0.15) is 13.8 Å². The highest BCUT2D eigenvalue weighted by molar-refractivity contribution is 6.32. The number of hydrogen-bond donors (Lipinski definition) is 2. The third kappa shape index (κ3) is 2.73. The molecule has 0 saturated heterocycles. The molecule has 78 valence electrons. The fraction of sp³-hybridized carbons (Fsp3) is 0.556. The summed E-state index contributed by atoms with van der Waals surface area (Å²) in [7, 11) is 1.80. The highest BCUT2D eigenvalue weighted by Crippen LogP contribution is 2.25. The van der Waals surface area contributed by atoms with Crippen molar-refractivity contribution in [2.75, 3.05) is 24.2 Å². The predicted molar refractivity (Wildman–Crippen MR) is 59.9 cm³/mol. The number of nitrogens with zero attached hydrogens (tertiary/aromatic N) is 2. The summed E-state index contributed by atoms with van der Waals surface area (Å²) in [5.41, 5.74) is 0.745. The van der Waals surface area contributed by atoms with Crippen LogP contribution in [0.4, 0.5) is 11.5 Å². The first-order valence-electron chi connectivity index (χ1n) is 4.57. The molecular formula is C9H15ClN4. The van der Waals surface area contributed by atoms with Crippen LogP contribution < -0.4 is 10.6 Å². The van der Waals surface area contributed by atoms with E-state index in [1.807, 2.05) is 0 Å². The van der Waals surface area contributed by atoms with Crippen molar-refractivity contribution in [1.82, 2.24) is 9.97 Å². The molecule has 0 saturated carbocycles. The molecule has 0 atom stereocenters.